The lowest BCUT2D eigenvalue weighted by molar-refractivity contribution is -0.124. The van der Waals surface area contributed by atoms with Crippen molar-refractivity contribution in [1.82, 2.24) is 5.32 Å². The summed E-state index contributed by atoms with van der Waals surface area (Å²) >= 11 is 0. The zero-order valence-electron chi connectivity index (χ0n) is 14.1. The second-order valence-corrected chi connectivity index (χ2v) is 6.92. The smallest absolute Gasteiger partial charge is 0.256 e. The Morgan fingerprint density at radius 3 is 2.38 bits per heavy atom. The number of furan rings is 1. The molecule has 3 N–H and O–H groups in total. The molecule has 0 atom stereocenters. The normalized spacial score (nSPS) is 20.1. The van der Waals surface area contributed by atoms with Gasteiger partial charge in [0.05, 0.1) is 11.1 Å². The number of Topliss-reactive ketones (excluding diaryl/α,β-unsaturated/α-hetero) is 1. The van der Waals surface area contributed by atoms with Crippen molar-refractivity contribution in [3.63, 3.8) is 0 Å². The highest BCUT2D eigenvalue weighted by molar-refractivity contribution is 6.11. The molecule has 6 nitrogen and oxygen atoms in total. The van der Waals surface area contributed by atoms with Gasteiger partial charge in [-0.25, -0.2) is 0 Å². The van der Waals surface area contributed by atoms with Crippen LogP contribution in [0.4, 0.5) is 0 Å². The third-order valence-electron chi connectivity index (χ3n) is 5.25. The van der Waals surface area contributed by atoms with Crippen molar-refractivity contribution in [2.24, 2.45) is 5.73 Å². The van der Waals surface area contributed by atoms with Crippen LogP contribution in [0, 0.1) is 6.92 Å². The molecule has 2 amide bonds. The molecular weight excluding hydrogens is 308 g/mol. The summed E-state index contributed by atoms with van der Waals surface area (Å²) in [5, 5.41) is 2.86. The topological polar surface area (TPSA) is 102 Å². The number of amides is 2. The second-order valence-electron chi connectivity index (χ2n) is 6.92. The van der Waals surface area contributed by atoms with Gasteiger partial charge in [-0.3, -0.25) is 14.4 Å². The zero-order chi connectivity index (χ0) is 17.3. The van der Waals surface area contributed by atoms with Gasteiger partial charge < -0.3 is 15.5 Å². The zero-order valence-corrected chi connectivity index (χ0v) is 14.1. The van der Waals surface area contributed by atoms with Crippen molar-refractivity contribution in [3.8, 4) is 0 Å². The Balaban J connectivity index is 1.93. The van der Waals surface area contributed by atoms with E-state index in [4.69, 9.17) is 10.2 Å². The Hall–Kier alpha value is -2.11. The number of nitrogens with one attached hydrogen (secondary N) is 1. The average Bonchev–Trinajstić information content (AvgIpc) is 2.71. The van der Waals surface area contributed by atoms with E-state index in [9.17, 15) is 14.4 Å². The van der Waals surface area contributed by atoms with Crippen LogP contribution in [0.1, 0.15) is 83.6 Å². The molecule has 1 fully saturated rings. The van der Waals surface area contributed by atoms with E-state index in [2.05, 4.69) is 5.32 Å². The van der Waals surface area contributed by atoms with Crippen molar-refractivity contribution in [3.05, 3.63) is 22.6 Å². The maximum Gasteiger partial charge on any atom is 0.256 e. The number of carbonyl (C=O) groups excluding carboxylic acids is 3. The van der Waals surface area contributed by atoms with Gasteiger partial charge in [0.25, 0.3) is 5.91 Å². The molecule has 1 aromatic heterocycles. The molecule has 1 heterocycles. The summed E-state index contributed by atoms with van der Waals surface area (Å²) in [6, 6.07) is 0. The standard InChI is InChI=1S/C18H24N2O4/c1-11-14(15-12(21)7-6-8-13(15)24-11)16(22)20-18(17(19)23)9-4-2-3-5-10-18/h2-10H2,1H3,(H2,19,23)(H,20,22). The van der Waals surface area contributed by atoms with Crippen LogP contribution in [0.2, 0.25) is 0 Å². The van der Waals surface area contributed by atoms with E-state index >= 15 is 0 Å². The highest BCUT2D eigenvalue weighted by Crippen LogP contribution is 2.32. The molecule has 0 aromatic carbocycles. The van der Waals surface area contributed by atoms with Crippen LogP contribution in [-0.2, 0) is 11.2 Å². The fraction of sp³-hybridized carbons (Fsp3) is 0.611. The Kier molecular flexibility index (Phi) is 4.47. The summed E-state index contributed by atoms with van der Waals surface area (Å²) in [7, 11) is 0. The molecule has 1 saturated carbocycles. The van der Waals surface area contributed by atoms with E-state index in [-0.39, 0.29) is 11.3 Å². The number of hydrogen-bond donors (Lipinski definition) is 2. The summed E-state index contributed by atoms with van der Waals surface area (Å²) in [6.07, 6.45) is 6.68. The molecule has 1 aromatic rings. The number of aryl methyl sites for hydroxylation is 2. The van der Waals surface area contributed by atoms with E-state index in [0.29, 0.717) is 42.8 Å². The van der Waals surface area contributed by atoms with Gasteiger partial charge in [0.2, 0.25) is 5.91 Å². The Labute approximate surface area is 141 Å². The third kappa shape index (κ3) is 2.85. The van der Waals surface area contributed by atoms with Crippen LogP contribution < -0.4 is 11.1 Å². The number of carbonyl (C=O) groups is 3. The molecule has 0 saturated heterocycles. The van der Waals surface area contributed by atoms with Gasteiger partial charge in [0.1, 0.15) is 17.1 Å². The van der Waals surface area contributed by atoms with Crippen molar-refractivity contribution < 1.29 is 18.8 Å². The molecule has 3 rings (SSSR count). The van der Waals surface area contributed by atoms with Crippen molar-refractivity contribution >= 4 is 17.6 Å². The van der Waals surface area contributed by atoms with E-state index in [1.54, 1.807) is 6.92 Å². The van der Waals surface area contributed by atoms with Crippen molar-refractivity contribution in [2.45, 2.75) is 70.3 Å². The van der Waals surface area contributed by atoms with Gasteiger partial charge in [0, 0.05) is 12.8 Å². The number of rotatable bonds is 3. The van der Waals surface area contributed by atoms with Gasteiger partial charge in [-0.2, -0.15) is 0 Å². The number of hydrogen-bond acceptors (Lipinski definition) is 4. The number of nitrogens with two attached hydrogens (primary N) is 1. The lowest BCUT2D eigenvalue weighted by Crippen LogP contribution is -2.57. The Bertz CT molecular complexity index is 681. The summed E-state index contributed by atoms with van der Waals surface area (Å²) < 4.78 is 5.64. The summed E-state index contributed by atoms with van der Waals surface area (Å²) in [4.78, 5) is 37.2. The van der Waals surface area contributed by atoms with Gasteiger partial charge in [-0.1, -0.05) is 25.7 Å². The van der Waals surface area contributed by atoms with Crippen LogP contribution in [0.5, 0.6) is 0 Å². The highest BCUT2D eigenvalue weighted by Gasteiger charge is 2.40. The van der Waals surface area contributed by atoms with E-state index < -0.39 is 17.4 Å². The molecule has 0 spiro atoms. The molecule has 130 valence electrons. The third-order valence-corrected chi connectivity index (χ3v) is 5.25. The van der Waals surface area contributed by atoms with Crippen LogP contribution >= 0.6 is 0 Å². The van der Waals surface area contributed by atoms with E-state index in [0.717, 1.165) is 32.1 Å². The molecule has 0 aliphatic heterocycles. The van der Waals surface area contributed by atoms with Gasteiger partial charge in [-0.15, -0.1) is 0 Å². The van der Waals surface area contributed by atoms with Crippen molar-refractivity contribution in [2.75, 3.05) is 0 Å². The van der Waals surface area contributed by atoms with Crippen LogP contribution in [0.3, 0.4) is 0 Å². The maximum atomic E-state index is 12.9. The van der Waals surface area contributed by atoms with Gasteiger partial charge in [-0.05, 0) is 26.2 Å². The summed E-state index contributed by atoms with van der Waals surface area (Å²) in [5.41, 5.74) is 5.28. The predicted molar refractivity (Wildman–Crippen MR) is 87.8 cm³/mol. The average molecular weight is 332 g/mol. The van der Waals surface area contributed by atoms with Crippen molar-refractivity contribution in [1.29, 1.82) is 0 Å². The fourth-order valence-corrected chi connectivity index (χ4v) is 3.93. The Morgan fingerprint density at radius 1 is 1.08 bits per heavy atom. The monoisotopic (exact) mass is 332 g/mol. The molecule has 2 aliphatic carbocycles. The molecule has 6 heteroatoms. The van der Waals surface area contributed by atoms with Crippen LogP contribution in [-0.4, -0.2) is 23.1 Å². The predicted octanol–water partition coefficient (Wildman–Crippen LogP) is 2.42. The van der Waals surface area contributed by atoms with Gasteiger partial charge in [0.15, 0.2) is 5.78 Å². The number of primary amides is 1. The first kappa shape index (κ1) is 16.7. The van der Waals surface area contributed by atoms with Gasteiger partial charge >= 0.3 is 0 Å². The molecule has 0 bridgehead atoms. The lowest BCUT2D eigenvalue weighted by Gasteiger charge is -2.30. The SMILES string of the molecule is Cc1oc2c(c1C(=O)NC1(C(N)=O)CCCCCC1)C(=O)CCC2. The Morgan fingerprint density at radius 2 is 1.75 bits per heavy atom. The van der Waals surface area contributed by atoms with E-state index in [1.165, 1.54) is 0 Å². The molecule has 24 heavy (non-hydrogen) atoms. The van der Waals surface area contributed by atoms with E-state index in [1.807, 2.05) is 0 Å². The second kappa shape index (κ2) is 6.42. The minimum Gasteiger partial charge on any atom is -0.465 e. The largest absolute Gasteiger partial charge is 0.465 e. The highest BCUT2D eigenvalue weighted by atomic mass is 16.3. The maximum absolute atomic E-state index is 12.9. The van der Waals surface area contributed by atoms with Crippen LogP contribution in [0.25, 0.3) is 0 Å². The lowest BCUT2D eigenvalue weighted by atomic mass is 9.88. The molecule has 2 aliphatic rings. The summed E-state index contributed by atoms with van der Waals surface area (Å²) in [6.45, 7) is 1.69. The number of ketones is 1. The summed E-state index contributed by atoms with van der Waals surface area (Å²) in [5.74, 6) is 0.0312. The first-order chi connectivity index (χ1) is 11.4. The number of fused-ring (bicyclic) bond motifs is 1. The minimum absolute atomic E-state index is 0.0627. The quantitative estimate of drug-likeness (QED) is 0.830. The first-order valence-electron chi connectivity index (χ1n) is 8.72. The van der Waals surface area contributed by atoms with Crippen LogP contribution in [0.15, 0.2) is 4.42 Å². The minimum atomic E-state index is -1.03. The first-order valence-corrected chi connectivity index (χ1v) is 8.72. The molecule has 0 unspecified atom stereocenters. The molecule has 0 radical (unpaired) electrons. The molecular formula is C18H24N2O4. The fourth-order valence-electron chi connectivity index (χ4n) is 3.93.